The number of nitrogens with one attached hydrogen (secondary N) is 1. The molecule has 0 amide bonds. The van der Waals surface area contributed by atoms with Crippen molar-refractivity contribution < 1.29 is 8.42 Å². The van der Waals surface area contributed by atoms with Crippen LogP contribution in [0.15, 0.2) is 11.1 Å². The Balaban J connectivity index is 3.07. The number of sulfonamides is 1. The molecule has 1 unspecified atom stereocenters. The minimum Gasteiger partial charge on any atom is -0.269 e. The number of aryl methyl sites for hydroxylation is 1. The lowest BCUT2D eigenvalue weighted by Crippen LogP contribution is -2.32. The van der Waals surface area contributed by atoms with Crippen molar-refractivity contribution in [3.05, 3.63) is 11.9 Å². The molecule has 1 N–H and O–H groups in total. The van der Waals surface area contributed by atoms with Crippen molar-refractivity contribution in [2.75, 3.05) is 0 Å². The van der Waals surface area contributed by atoms with Crippen LogP contribution in [0.1, 0.15) is 45.9 Å². The van der Waals surface area contributed by atoms with Gasteiger partial charge in [-0.25, -0.2) is 13.1 Å². The fourth-order valence-electron chi connectivity index (χ4n) is 1.40. The first-order chi connectivity index (χ1) is 7.77. The second-order valence-electron chi connectivity index (χ2n) is 4.58. The molecule has 0 radical (unpaired) electrons. The van der Waals surface area contributed by atoms with Crippen molar-refractivity contribution in [2.45, 2.75) is 58.0 Å². The third kappa shape index (κ3) is 3.29. The highest BCUT2D eigenvalue weighted by Crippen LogP contribution is 2.16. The maximum Gasteiger partial charge on any atom is 0.244 e. The summed E-state index contributed by atoms with van der Waals surface area (Å²) in [7, 11) is -3.45. The number of aromatic nitrogens is 2. The highest BCUT2D eigenvalue weighted by molar-refractivity contribution is 7.89. The Morgan fingerprint density at radius 3 is 2.41 bits per heavy atom. The molecule has 1 aromatic heterocycles. The summed E-state index contributed by atoms with van der Waals surface area (Å²) < 4.78 is 28.5. The van der Waals surface area contributed by atoms with Gasteiger partial charge in [0.25, 0.3) is 0 Å². The molecule has 0 saturated carbocycles. The van der Waals surface area contributed by atoms with Crippen molar-refractivity contribution in [1.82, 2.24) is 14.5 Å². The van der Waals surface area contributed by atoms with E-state index in [1.54, 1.807) is 17.8 Å². The zero-order valence-corrected chi connectivity index (χ0v) is 11.9. The van der Waals surface area contributed by atoms with Crippen molar-refractivity contribution in [1.29, 1.82) is 0 Å². The maximum atomic E-state index is 12.1. The largest absolute Gasteiger partial charge is 0.269 e. The predicted molar refractivity (Wildman–Crippen MR) is 67.4 cm³/mol. The summed E-state index contributed by atoms with van der Waals surface area (Å²) >= 11 is 0. The van der Waals surface area contributed by atoms with E-state index in [-0.39, 0.29) is 17.0 Å². The minimum atomic E-state index is -3.45. The van der Waals surface area contributed by atoms with Crippen LogP contribution >= 0.6 is 0 Å². The van der Waals surface area contributed by atoms with Gasteiger partial charge in [0, 0.05) is 18.3 Å². The Morgan fingerprint density at radius 2 is 2.00 bits per heavy atom. The Hall–Kier alpha value is -0.880. The molecule has 0 aliphatic carbocycles. The second-order valence-corrected chi connectivity index (χ2v) is 6.27. The normalized spacial score (nSPS) is 14.2. The van der Waals surface area contributed by atoms with Crippen molar-refractivity contribution >= 4 is 10.0 Å². The molecule has 17 heavy (non-hydrogen) atoms. The molecule has 0 aromatic carbocycles. The van der Waals surface area contributed by atoms with E-state index in [1.165, 1.54) is 0 Å². The fourth-order valence-corrected chi connectivity index (χ4v) is 2.90. The summed E-state index contributed by atoms with van der Waals surface area (Å²) in [6.07, 6.45) is 2.35. The molecule has 5 nitrogen and oxygen atoms in total. The summed E-state index contributed by atoms with van der Waals surface area (Å²) in [6, 6.07) is 0.0862. The monoisotopic (exact) mass is 259 g/mol. The number of nitrogens with zero attached hydrogens (tertiary/aromatic N) is 2. The van der Waals surface area contributed by atoms with Crippen molar-refractivity contribution in [3.8, 4) is 0 Å². The molecule has 1 rings (SSSR count). The van der Waals surface area contributed by atoms with Gasteiger partial charge in [0.2, 0.25) is 10.0 Å². The van der Waals surface area contributed by atoms with Gasteiger partial charge in [-0.05, 0) is 34.1 Å². The molecule has 1 aromatic rings. The van der Waals surface area contributed by atoms with E-state index in [9.17, 15) is 8.42 Å². The second kappa shape index (κ2) is 5.18. The Bertz CT molecular complexity index is 477. The van der Waals surface area contributed by atoms with E-state index in [0.29, 0.717) is 5.69 Å². The molecule has 0 spiro atoms. The van der Waals surface area contributed by atoms with E-state index in [1.807, 2.05) is 27.7 Å². The van der Waals surface area contributed by atoms with Gasteiger partial charge in [0.1, 0.15) is 4.90 Å². The van der Waals surface area contributed by atoms with Crippen LogP contribution in [0.2, 0.25) is 0 Å². The molecule has 1 heterocycles. The quantitative estimate of drug-likeness (QED) is 0.877. The van der Waals surface area contributed by atoms with Crippen molar-refractivity contribution in [3.63, 3.8) is 0 Å². The molecular weight excluding hydrogens is 238 g/mol. The van der Waals surface area contributed by atoms with Gasteiger partial charge in [-0.1, -0.05) is 6.92 Å². The zero-order valence-electron chi connectivity index (χ0n) is 11.1. The van der Waals surface area contributed by atoms with E-state index in [2.05, 4.69) is 9.82 Å². The molecule has 6 heteroatoms. The summed E-state index contributed by atoms with van der Waals surface area (Å²) in [6.45, 7) is 9.43. The van der Waals surface area contributed by atoms with Crippen LogP contribution in [0.25, 0.3) is 0 Å². The predicted octanol–water partition coefficient (Wildman–Crippen LogP) is 1.85. The van der Waals surface area contributed by atoms with Crippen LogP contribution < -0.4 is 4.72 Å². The van der Waals surface area contributed by atoms with Crippen LogP contribution in [0.3, 0.4) is 0 Å². The highest BCUT2D eigenvalue weighted by Gasteiger charge is 2.22. The lowest BCUT2D eigenvalue weighted by molar-refractivity contribution is 0.527. The number of hydrogen-bond donors (Lipinski definition) is 1. The lowest BCUT2D eigenvalue weighted by Gasteiger charge is -2.11. The van der Waals surface area contributed by atoms with Crippen LogP contribution in [-0.4, -0.2) is 24.2 Å². The van der Waals surface area contributed by atoms with Gasteiger partial charge < -0.3 is 0 Å². The van der Waals surface area contributed by atoms with Gasteiger partial charge in [-0.3, -0.25) is 4.68 Å². The van der Waals surface area contributed by atoms with Gasteiger partial charge in [0.05, 0.1) is 5.69 Å². The third-order valence-corrected chi connectivity index (χ3v) is 4.35. The fraction of sp³-hybridized carbons (Fsp3) is 0.727. The Kier molecular flexibility index (Phi) is 4.32. The summed E-state index contributed by atoms with van der Waals surface area (Å²) in [4.78, 5) is 0.270. The van der Waals surface area contributed by atoms with Crippen LogP contribution in [-0.2, 0) is 10.0 Å². The topological polar surface area (TPSA) is 64.0 Å². The maximum absolute atomic E-state index is 12.1. The molecule has 0 saturated heterocycles. The molecule has 0 bridgehead atoms. The first-order valence-corrected chi connectivity index (χ1v) is 7.34. The smallest absolute Gasteiger partial charge is 0.244 e. The average Bonchev–Trinajstić information content (AvgIpc) is 2.60. The van der Waals surface area contributed by atoms with Crippen LogP contribution in [0.5, 0.6) is 0 Å². The van der Waals surface area contributed by atoms with Crippen molar-refractivity contribution in [2.24, 2.45) is 0 Å². The van der Waals surface area contributed by atoms with Gasteiger partial charge in [-0.15, -0.1) is 0 Å². The first-order valence-electron chi connectivity index (χ1n) is 5.86. The van der Waals surface area contributed by atoms with E-state index < -0.39 is 10.0 Å². The van der Waals surface area contributed by atoms with E-state index >= 15 is 0 Å². The molecule has 0 aliphatic heterocycles. The van der Waals surface area contributed by atoms with Crippen LogP contribution in [0, 0.1) is 6.92 Å². The SMILES string of the molecule is CCC(C)NS(=O)(=O)c1cn(C(C)C)nc1C. The standard InChI is InChI=1S/C11H21N3O2S/c1-6-9(4)13-17(15,16)11-7-14(8(2)3)12-10(11)5/h7-9,13H,6H2,1-5H3. The van der Waals surface area contributed by atoms with Crippen LogP contribution in [0.4, 0.5) is 0 Å². The molecule has 0 aliphatic rings. The summed E-state index contributed by atoms with van der Waals surface area (Å²) in [5.41, 5.74) is 0.537. The molecule has 0 fully saturated rings. The number of rotatable bonds is 5. The van der Waals surface area contributed by atoms with Gasteiger partial charge >= 0.3 is 0 Å². The molecular formula is C11H21N3O2S. The van der Waals surface area contributed by atoms with Gasteiger partial charge in [0.15, 0.2) is 0 Å². The van der Waals surface area contributed by atoms with Gasteiger partial charge in [-0.2, -0.15) is 5.10 Å². The molecule has 98 valence electrons. The lowest BCUT2D eigenvalue weighted by atomic mass is 10.3. The van der Waals surface area contributed by atoms with E-state index in [4.69, 9.17) is 0 Å². The first kappa shape index (κ1) is 14.2. The Morgan fingerprint density at radius 1 is 1.41 bits per heavy atom. The number of hydrogen-bond acceptors (Lipinski definition) is 3. The van der Waals surface area contributed by atoms with E-state index in [0.717, 1.165) is 6.42 Å². The third-order valence-electron chi connectivity index (χ3n) is 2.66. The Labute approximate surface area is 103 Å². The summed E-state index contributed by atoms with van der Waals surface area (Å²) in [5.74, 6) is 0. The zero-order chi connectivity index (χ0) is 13.2. The molecule has 1 atom stereocenters. The minimum absolute atomic E-state index is 0.0678. The highest BCUT2D eigenvalue weighted by atomic mass is 32.2. The average molecular weight is 259 g/mol. The summed E-state index contributed by atoms with van der Waals surface area (Å²) in [5, 5.41) is 4.21.